The fourth-order valence-electron chi connectivity index (χ4n) is 4.29. The van der Waals surface area contributed by atoms with E-state index in [0.717, 1.165) is 48.1 Å². The molecular formula is C26H29ClN4O3. The van der Waals surface area contributed by atoms with Crippen LogP contribution in [-0.2, 0) is 16.6 Å². The minimum absolute atomic E-state index is 0.0894. The fourth-order valence-corrected chi connectivity index (χ4v) is 4.58. The second kappa shape index (κ2) is 10.7. The number of aromatic nitrogens is 2. The van der Waals surface area contributed by atoms with E-state index in [-0.39, 0.29) is 11.8 Å². The second-order valence-electron chi connectivity index (χ2n) is 8.63. The van der Waals surface area contributed by atoms with Gasteiger partial charge in [0.15, 0.2) is 0 Å². The summed E-state index contributed by atoms with van der Waals surface area (Å²) in [7, 11) is 1.75. The third kappa shape index (κ3) is 5.59. The minimum atomic E-state index is -0.603. The number of amides is 2. The number of carbonyl (C=O) groups is 2. The van der Waals surface area contributed by atoms with Gasteiger partial charge in [0.25, 0.3) is 0 Å². The first kappa shape index (κ1) is 23.8. The number of nitrogens with zero attached hydrogens (tertiary/aromatic N) is 2. The van der Waals surface area contributed by atoms with Crippen LogP contribution >= 0.6 is 11.6 Å². The molecule has 2 amide bonds. The predicted octanol–water partition coefficient (Wildman–Crippen LogP) is 6.57. The van der Waals surface area contributed by atoms with Crippen molar-refractivity contribution >= 4 is 35.1 Å². The van der Waals surface area contributed by atoms with Crippen LogP contribution in [0.5, 0.6) is 0 Å². The van der Waals surface area contributed by atoms with Crippen LogP contribution < -0.4 is 10.6 Å². The first-order valence-corrected chi connectivity index (χ1v) is 12.0. The maximum atomic E-state index is 12.6. The highest BCUT2D eigenvalue weighted by Crippen LogP contribution is 2.31. The Hall–Kier alpha value is -3.32. The molecule has 178 valence electrons. The van der Waals surface area contributed by atoms with Crippen molar-refractivity contribution in [3.63, 3.8) is 0 Å². The average molecular weight is 481 g/mol. The Morgan fingerprint density at radius 1 is 1.06 bits per heavy atom. The van der Waals surface area contributed by atoms with Gasteiger partial charge in [0.1, 0.15) is 11.9 Å². The van der Waals surface area contributed by atoms with Crippen molar-refractivity contribution in [1.82, 2.24) is 9.78 Å². The maximum absolute atomic E-state index is 12.6. The van der Waals surface area contributed by atoms with Gasteiger partial charge in [-0.2, -0.15) is 5.10 Å². The largest absolute Gasteiger partial charge is 0.441 e. The molecule has 0 radical (unpaired) electrons. The lowest BCUT2D eigenvalue weighted by Crippen LogP contribution is -2.24. The van der Waals surface area contributed by atoms with Crippen molar-refractivity contribution in [1.29, 1.82) is 0 Å². The van der Waals surface area contributed by atoms with Crippen molar-refractivity contribution in [3.05, 3.63) is 65.3 Å². The van der Waals surface area contributed by atoms with Crippen LogP contribution in [0.4, 0.5) is 16.3 Å². The van der Waals surface area contributed by atoms with E-state index in [1.807, 2.05) is 42.5 Å². The summed E-state index contributed by atoms with van der Waals surface area (Å²) in [6.45, 7) is 1.77. The zero-order chi connectivity index (χ0) is 24.1. The van der Waals surface area contributed by atoms with E-state index in [1.165, 1.54) is 6.42 Å². The van der Waals surface area contributed by atoms with Gasteiger partial charge in [-0.05, 0) is 43.5 Å². The number of rotatable bonds is 6. The Balaban J connectivity index is 1.42. The molecule has 4 rings (SSSR count). The van der Waals surface area contributed by atoms with E-state index in [1.54, 1.807) is 30.9 Å². The Morgan fingerprint density at radius 2 is 1.76 bits per heavy atom. The smallest absolute Gasteiger partial charge is 0.413 e. The minimum Gasteiger partial charge on any atom is -0.441 e. The number of benzene rings is 2. The Labute approximate surface area is 204 Å². The van der Waals surface area contributed by atoms with Crippen LogP contribution in [0.25, 0.3) is 11.1 Å². The van der Waals surface area contributed by atoms with Crippen LogP contribution in [0, 0.1) is 5.92 Å². The Morgan fingerprint density at radius 3 is 2.47 bits per heavy atom. The molecule has 3 aromatic rings. The third-order valence-corrected chi connectivity index (χ3v) is 6.57. The van der Waals surface area contributed by atoms with Gasteiger partial charge in [0.2, 0.25) is 5.91 Å². The van der Waals surface area contributed by atoms with E-state index in [2.05, 4.69) is 15.7 Å². The predicted molar refractivity (Wildman–Crippen MR) is 134 cm³/mol. The number of ether oxygens (including phenoxy) is 1. The van der Waals surface area contributed by atoms with Crippen molar-refractivity contribution in [2.75, 3.05) is 10.6 Å². The van der Waals surface area contributed by atoms with Gasteiger partial charge in [-0.15, -0.1) is 0 Å². The number of aryl methyl sites for hydroxylation is 1. The molecule has 2 N–H and O–H groups in total. The summed E-state index contributed by atoms with van der Waals surface area (Å²) in [5.74, 6) is 0.698. The molecule has 8 heteroatoms. The molecule has 1 heterocycles. The Bertz CT molecular complexity index is 1150. The highest BCUT2D eigenvalue weighted by molar-refractivity contribution is 6.31. The summed E-state index contributed by atoms with van der Waals surface area (Å²) in [4.78, 5) is 25.1. The highest BCUT2D eigenvalue weighted by Gasteiger charge is 2.21. The van der Waals surface area contributed by atoms with Gasteiger partial charge in [0, 0.05) is 34.8 Å². The molecule has 1 saturated carbocycles. The molecule has 1 atom stereocenters. The summed E-state index contributed by atoms with van der Waals surface area (Å²) in [5, 5.41) is 10.6. The van der Waals surface area contributed by atoms with E-state index < -0.39 is 12.2 Å². The average Bonchev–Trinajstić information content (AvgIpc) is 3.20. The number of carbonyl (C=O) groups excluding carboxylic acids is 2. The molecule has 0 aliphatic heterocycles. The lowest BCUT2D eigenvalue weighted by Gasteiger charge is -2.20. The van der Waals surface area contributed by atoms with Gasteiger partial charge < -0.3 is 10.1 Å². The first-order chi connectivity index (χ1) is 16.4. The van der Waals surface area contributed by atoms with Crippen molar-refractivity contribution in [2.24, 2.45) is 13.0 Å². The highest BCUT2D eigenvalue weighted by atomic mass is 35.5. The number of hydrogen-bond donors (Lipinski definition) is 2. The molecular weight excluding hydrogens is 452 g/mol. The zero-order valence-electron chi connectivity index (χ0n) is 19.4. The summed E-state index contributed by atoms with van der Waals surface area (Å²) in [5.41, 5.74) is 3.09. The van der Waals surface area contributed by atoms with Crippen LogP contribution in [0.2, 0.25) is 5.02 Å². The number of anilines is 2. The molecule has 0 unspecified atom stereocenters. The first-order valence-electron chi connectivity index (χ1n) is 11.6. The standard InChI is InChI=1S/C26H29ClN4O3/c1-17(21-10-6-7-11-23(21)27)34-26(33)30-24-22(16-28-31(24)2)18-12-14-20(15-13-18)29-25(32)19-8-4-3-5-9-19/h6-7,10-17,19H,3-5,8-9H2,1-2H3,(H,29,32)(H,30,33)/t17-/m1/s1. The second-order valence-corrected chi connectivity index (χ2v) is 9.03. The Kier molecular flexibility index (Phi) is 7.53. The molecule has 0 bridgehead atoms. The normalized spacial score (nSPS) is 14.9. The topological polar surface area (TPSA) is 85.2 Å². The molecule has 34 heavy (non-hydrogen) atoms. The fraction of sp³-hybridized carbons (Fsp3) is 0.346. The summed E-state index contributed by atoms with van der Waals surface area (Å²) >= 11 is 6.21. The molecule has 7 nitrogen and oxygen atoms in total. The number of halogens is 1. The molecule has 2 aromatic carbocycles. The molecule has 1 aliphatic carbocycles. The van der Waals surface area contributed by atoms with Gasteiger partial charge in [-0.3, -0.25) is 14.8 Å². The van der Waals surface area contributed by atoms with Gasteiger partial charge in [0.05, 0.1) is 6.20 Å². The van der Waals surface area contributed by atoms with Crippen LogP contribution in [0.3, 0.4) is 0 Å². The summed E-state index contributed by atoms with van der Waals surface area (Å²) < 4.78 is 7.11. The molecule has 0 saturated heterocycles. The van der Waals surface area contributed by atoms with Crippen molar-refractivity contribution in [3.8, 4) is 11.1 Å². The molecule has 1 aromatic heterocycles. The quantitative estimate of drug-likeness (QED) is 0.418. The van der Waals surface area contributed by atoms with E-state index in [0.29, 0.717) is 10.8 Å². The third-order valence-electron chi connectivity index (χ3n) is 6.23. The lowest BCUT2D eigenvalue weighted by molar-refractivity contribution is -0.120. The monoisotopic (exact) mass is 480 g/mol. The lowest BCUT2D eigenvalue weighted by atomic mass is 9.88. The van der Waals surface area contributed by atoms with Gasteiger partial charge in [-0.1, -0.05) is 61.2 Å². The van der Waals surface area contributed by atoms with Crippen LogP contribution in [-0.4, -0.2) is 21.8 Å². The molecule has 1 fully saturated rings. The van der Waals surface area contributed by atoms with Crippen LogP contribution in [0.15, 0.2) is 54.7 Å². The van der Waals surface area contributed by atoms with E-state index in [9.17, 15) is 9.59 Å². The summed E-state index contributed by atoms with van der Waals surface area (Å²) in [6.07, 6.45) is 5.93. The van der Waals surface area contributed by atoms with Gasteiger partial charge in [-0.25, -0.2) is 4.79 Å². The molecule has 1 aliphatic rings. The van der Waals surface area contributed by atoms with Crippen molar-refractivity contribution in [2.45, 2.75) is 45.1 Å². The number of hydrogen-bond acceptors (Lipinski definition) is 4. The zero-order valence-corrected chi connectivity index (χ0v) is 20.1. The molecule has 0 spiro atoms. The van der Waals surface area contributed by atoms with E-state index >= 15 is 0 Å². The maximum Gasteiger partial charge on any atom is 0.413 e. The van der Waals surface area contributed by atoms with Crippen molar-refractivity contribution < 1.29 is 14.3 Å². The summed E-state index contributed by atoms with van der Waals surface area (Å²) in [6, 6.07) is 14.8. The van der Waals surface area contributed by atoms with Gasteiger partial charge >= 0.3 is 6.09 Å². The number of nitrogens with one attached hydrogen (secondary N) is 2. The van der Waals surface area contributed by atoms with E-state index in [4.69, 9.17) is 16.3 Å². The van der Waals surface area contributed by atoms with Crippen LogP contribution in [0.1, 0.15) is 50.7 Å². The SMILES string of the molecule is C[C@@H](OC(=O)Nc1c(-c2ccc(NC(=O)C3CCCCC3)cc2)cnn1C)c1ccccc1Cl.